The Morgan fingerprint density at radius 2 is 0.833 bits per heavy atom. The third-order valence-corrected chi connectivity index (χ3v) is 7.66. The number of esters is 2. The molecule has 0 saturated carbocycles. The van der Waals surface area contributed by atoms with Crippen LogP contribution in [0.2, 0.25) is 0 Å². The fourth-order valence-corrected chi connectivity index (χ4v) is 4.04. The maximum absolute atomic E-state index is 14.1. The number of nitrogens with zero attached hydrogens (tertiary/aromatic N) is 1. The summed E-state index contributed by atoms with van der Waals surface area (Å²) in [5.41, 5.74) is 0. The van der Waals surface area contributed by atoms with Gasteiger partial charge in [-0.2, -0.15) is 114 Å². The molecule has 1 atom stereocenters. The van der Waals surface area contributed by atoms with Crippen molar-refractivity contribution in [3.05, 3.63) is 0 Å². The molecule has 0 spiro atoms. The lowest BCUT2D eigenvalue weighted by molar-refractivity contribution is -0.881. The predicted molar refractivity (Wildman–Crippen MR) is 139 cm³/mol. The Kier molecular flexibility index (Phi) is 16.3. The van der Waals surface area contributed by atoms with Gasteiger partial charge in [-0.05, 0) is 0 Å². The van der Waals surface area contributed by atoms with Crippen molar-refractivity contribution in [1.29, 1.82) is 0 Å². The topological polar surface area (TPSA) is 102 Å². The summed E-state index contributed by atoms with van der Waals surface area (Å²) in [5, 5.41) is 10.8. The van der Waals surface area contributed by atoms with E-state index in [1.807, 2.05) is 5.32 Å². The number of alkyl halides is 26. The second-order valence-corrected chi connectivity index (χ2v) is 12.8. The van der Waals surface area contributed by atoms with E-state index in [4.69, 9.17) is 5.11 Å². The van der Waals surface area contributed by atoms with Gasteiger partial charge in [0.25, 0.3) is 0 Å². The quantitative estimate of drug-likeness (QED) is 0.0612. The molecule has 0 saturated heterocycles. The number of hydrogen-bond donors (Lipinski definition) is 2. The zero-order valence-corrected chi connectivity index (χ0v) is 29.0. The minimum atomic E-state index is -8.31. The number of hydrogen-bond acceptors (Lipinski definition) is 6. The minimum absolute atomic E-state index is 0.505. The Bertz CT molecular complexity index is 1510. The molecule has 0 fully saturated rings. The maximum Gasteiger partial charge on any atom is 0.460 e. The first-order chi connectivity index (χ1) is 26.0. The van der Waals surface area contributed by atoms with E-state index in [9.17, 15) is 129 Å². The van der Waals surface area contributed by atoms with Crippen molar-refractivity contribution in [2.75, 3.05) is 46.9 Å². The average molecular weight is 955 g/mol. The van der Waals surface area contributed by atoms with Gasteiger partial charge >= 0.3 is 89.5 Å². The number of carboxylic acids is 1. The van der Waals surface area contributed by atoms with Gasteiger partial charge in [0.05, 0.1) is 53.1 Å². The van der Waals surface area contributed by atoms with Crippen LogP contribution in [-0.2, 0) is 23.9 Å². The average Bonchev–Trinajstić information content (AvgIpc) is 3.01. The van der Waals surface area contributed by atoms with Crippen molar-refractivity contribution in [1.82, 2.24) is 5.32 Å². The van der Waals surface area contributed by atoms with Crippen LogP contribution in [0.5, 0.6) is 0 Å². The van der Waals surface area contributed by atoms with Gasteiger partial charge in [-0.25, -0.2) is 4.79 Å². The largest absolute Gasteiger partial charge is 0.477 e. The molecule has 0 aromatic rings. The fraction of sp³-hybridized carbons (Fsp3) is 0.885. The number of carbonyl (C=O) groups is 3. The molecule has 0 aromatic heterocycles. The molecule has 0 radical (unpaired) electrons. The van der Waals surface area contributed by atoms with Crippen LogP contribution in [0.3, 0.4) is 0 Å². The van der Waals surface area contributed by atoms with E-state index >= 15 is 0 Å². The number of aliphatic carboxylic acids is 1. The number of carboxylic acid groups (broad SMARTS) is 1. The van der Waals surface area contributed by atoms with E-state index in [0.717, 1.165) is 14.1 Å². The molecule has 0 aliphatic carbocycles. The van der Waals surface area contributed by atoms with Crippen molar-refractivity contribution in [2.24, 2.45) is 0 Å². The summed E-state index contributed by atoms with van der Waals surface area (Å²) in [7, 11) is 2.26. The Morgan fingerprint density at radius 3 is 1.15 bits per heavy atom. The number of carbonyl (C=O) groups excluding carboxylic acids is 2. The highest BCUT2D eigenvalue weighted by Crippen LogP contribution is 2.62. The summed E-state index contributed by atoms with van der Waals surface area (Å²) in [6.07, 6.45) is -23.6. The Labute approximate surface area is 315 Å². The van der Waals surface area contributed by atoms with Crippen LogP contribution in [0, 0.1) is 0 Å². The molecule has 356 valence electrons. The van der Waals surface area contributed by atoms with Gasteiger partial charge in [-0.15, -0.1) is 0 Å². The highest BCUT2D eigenvalue weighted by atomic mass is 19.4. The zero-order chi connectivity index (χ0) is 48.6. The summed E-state index contributed by atoms with van der Waals surface area (Å²) in [6.45, 7) is -6.93. The summed E-state index contributed by atoms with van der Waals surface area (Å²) in [4.78, 5) is 35.5. The number of ether oxygens (including phenoxy) is 2. The summed E-state index contributed by atoms with van der Waals surface area (Å²) in [6, 6.07) is -2.60. The van der Waals surface area contributed by atoms with Crippen LogP contribution in [-0.4, -0.2) is 152 Å². The Hall–Kier alpha value is -3.49. The Morgan fingerprint density at radius 1 is 0.517 bits per heavy atom. The minimum Gasteiger partial charge on any atom is -0.477 e. The molecule has 0 rings (SSSR count). The monoisotopic (exact) mass is 955 g/mol. The molecule has 0 heterocycles. The lowest BCUT2D eigenvalue weighted by atomic mass is 9.93. The molecule has 8 nitrogen and oxygen atoms in total. The molecule has 34 heteroatoms. The van der Waals surface area contributed by atoms with E-state index in [-0.39, 0.29) is 0 Å². The van der Waals surface area contributed by atoms with Gasteiger partial charge in [0.1, 0.15) is 6.04 Å². The summed E-state index contributed by atoms with van der Waals surface area (Å²) in [5.74, 6) is -84.6. The zero-order valence-electron chi connectivity index (χ0n) is 29.0. The van der Waals surface area contributed by atoms with E-state index in [1.165, 1.54) is 0 Å². The Balaban J connectivity index is 6.24. The van der Waals surface area contributed by atoms with Crippen molar-refractivity contribution in [2.45, 2.75) is 96.9 Å². The normalized spacial score (nSPS) is 15.8. The maximum atomic E-state index is 14.1. The van der Waals surface area contributed by atoms with Gasteiger partial charge in [-0.3, -0.25) is 14.9 Å². The van der Waals surface area contributed by atoms with Crippen molar-refractivity contribution in [3.8, 4) is 0 Å². The molecule has 0 aromatic carbocycles. The number of nitrogens with one attached hydrogen (secondary N) is 1. The molecular formula is C26H25F26N2O6+. The van der Waals surface area contributed by atoms with Gasteiger partial charge in [0.2, 0.25) is 0 Å². The lowest BCUT2D eigenvalue weighted by Gasteiger charge is -2.39. The van der Waals surface area contributed by atoms with E-state index in [1.54, 1.807) is 0 Å². The molecule has 0 aliphatic heterocycles. The smallest absolute Gasteiger partial charge is 0.460 e. The molecule has 60 heavy (non-hydrogen) atoms. The van der Waals surface area contributed by atoms with Crippen LogP contribution in [0.1, 0.15) is 19.3 Å². The van der Waals surface area contributed by atoms with E-state index < -0.39 is 152 Å². The molecule has 0 aliphatic rings. The first-order valence-electron chi connectivity index (χ1n) is 15.0. The summed E-state index contributed by atoms with van der Waals surface area (Å²) < 4.78 is 353. The molecule has 2 N–H and O–H groups in total. The van der Waals surface area contributed by atoms with Crippen molar-refractivity contribution < 1.29 is 148 Å². The van der Waals surface area contributed by atoms with Crippen molar-refractivity contribution >= 4 is 17.9 Å². The predicted octanol–water partition coefficient (Wildman–Crippen LogP) is 7.84. The molecular weight excluding hydrogens is 930 g/mol. The van der Waals surface area contributed by atoms with E-state index in [2.05, 4.69) is 9.47 Å². The second kappa shape index (κ2) is 17.3. The van der Waals surface area contributed by atoms with Crippen LogP contribution < -0.4 is 5.32 Å². The summed E-state index contributed by atoms with van der Waals surface area (Å²) >= 11 is 0. The highest BCUT2D eigenvalue weighted by molar-refractivity contribution is 5.82. The first-order valence-corrected chi connectivity index (χ1v) is 15.0. The van der Waals surface area contributed by atoms with Crippen molar-refractivity contribution in [3.63, 3.8) is 0 Å². The second-order valence-electron chi connectivity index (χ2n) is 12.8. The fourth-order valence-electron chi connectivity index (χ4n) is 4.04. The van der Waals surface area contributed by atoms with Gasteiger partial charge < -0.3 is 19.1 Å². The number of halogens is 26. The van der Waals surface area contributed by atoms with Gasteiger partial charge in [0.15, 0.2) is 6.54 Å². The standard InChI is InChI=1S/C26H24F26N2O6/c1-54(2,10-12(55)56)6-5-53-11(14(58)60-8-4-16(29,30)18(33,34)20(37,38)22(41,42)24(45,46)26(50,51)52)9-13(57)59-7-3-15(27,28)17(31,32)19(35,36)21(39,40)23(43,44)25(47,48)49/h11,53H,3-10H2,1-2H3/p+1. The van der Waals surface area contributed by atoms with Gasteiger partial charge in [-0.1, -0.05) is 0 Å². The van der Waals surface area contributed by atoms with Crippen LogP contribution in [0.25, 0.3) is 0 Å². The molecule has 0 amide bonds. The van der Waals surface area contributed by atoms with Crippen LogP contribution in [0.4, 0.5) is 114 Å². The number of likely N-dealkylation sites (N-methyl/N-ethyl adjacent to an activating group) is 1. The molecule has 1 unspecified atom stereocenters. The SMILES string of the molecule is C[N+](C)(CCNC(CC(=O)OCCC(F)(F)C(F)(F)C(F)(F)C(F)(F)C(F)(F)C(F)(F)F)C(=O)OCCC(F)(F)C(F)(F)C(F)(F)C(F)(F)C(F)(F)C(F)(F)F)CC(=O)O. The van der Waals surface area contributed by atoms with Crippen LogP contribution >= 0.6 is 0 Å². The lowest BCUT2D eigenvalue weighted by Crippen LogP contribution is -2.70. The molecule has 0 bridgehead atoms. The van der Waals surface area contributed by atoms with Gasteiger partial charge in [0, 0.05) is 6.54 Å². The third kappa shape index (κ3) is 10.7. The van der Waals surface area contributed by atoms with E-state index in [0.29, 0.717) is 0 Å². The number of quaternary nitrogens is 1. The highest BCUT2D eigenvalue weighted by Gasteiger charge is 2.92. The van der Waals surface area contributed by atoms with Crippen LogP contribution in [0.15, 0.2) is 0 Å². The third-order valence-electron chi connectivity index (χ3n) is 7.66. The first kappa shape index (κ1) is 56.5. The number of rotatable bonds is 23.